The summed E-state index contributed by atoms with van der Waals surface area (Å²) in [6.07, 6.45) is 7.10. The number of benzene rings is 1. The molecule has 0 aliphatic heterocycles. The first kappa shape index (κ1) is 16.0. The first-order chi connectivity index (χ1) is 9.63. The summed E-state index contributed by atoms with van der Waals surface area (Å²) < 4.78 is 0. The fourth-order valence-electron chi connectivity index (χ4n) is 1.72. The number of Topliss-reactive ketones (excluding diaryl/α,β-unsaturated/α-hetero) is 1. The standard InChI is InChI=1S/C16H21NO3/c1-2-3-4-5-6-11-17-14-9-7-13(8-10-14)15(18)12-16(19)20/h4-5,7-10,17H,2-3,6,11-12H2,1H3,(H,19,20)/b5-4+. The number of carboxylic acids is 1. The Balaban J connectivity index is 2.39. The molecular formula is C16H21NO3. The van der Waals surface area contributed by atoms with Crippen LogP contribution in [0.15, 0.2) is 36.4 Å². The van der Waals surface area contributed by atoms with E-state index < -0.39 is 12.4 Å². The average molecular weight is 275 g/mol. The number of anilines is 1. The molecular weight excluding hydrogens is 254 g/mol. The lowest BCUT2D eigenvalue weighted by Gasteiger charge is -2.05. The third-order valence-corrected chi connectivity index (χ3v) is 2.78. The number of hydrogen-bond donors (Lipinski definition) is 2. The van der Waals surface area contributed by atoms with Crippen molar-refractivity contribution in [1.29, 1.82) is 0 Å². The Hall–Kier alpha value is -2.10. The number of carboxylic acid groups (broad SMARTS) is 1. The number of rotatable bonds is 9. The maximum Gasteiger partial charge on any atom is 0.311 e. The topological polar surface area (TPSA) is 66.4 Å². The van der Waals surface area contributed by atoms with Crippen molar-refractivity contribution in [2.75, 3.05) is 11.9 Å². The van der Waals surface area contributed by atoms with Crippen LogP contribution in [0.1, 0.15) is 43.0 Å². The van der Waals surface area contributed by atoms with E-state index >= 15 is 0 Å². The number of carbonyl (C=O) groups is 2. The van der Waals surface area contributed by atoms with Crippen molar-refractivity contribution in [3.05, 3.63) is 42.0 Å². The summed E-state index contributed by atoms with van der Waals surface area (Å²) >= 11 is 0. The van der Waals surface area contributed by atoms with E-state index in [1.165, 1.54) is 0 Å². The predicted octanol–water partition coefficient (Wildman–Crippen LogP) is 3.50. The van der Waals surface area contributed by atoms with Crippen LogP contribution in [0, 0.1) is 0 Å². The SMILES string of the molecule is CCC/C=C/CCNc1ccc(C(=O)CC(=O)O)cc1. The van der Waals surface area contributed by atoms with Gasteiger partial charge in [-0.05, 0) is 37.1 Å². The molecule has 0 aromatic heterocycles. The highest BCUT2D eigenvalue weighted by Gasteiger charge is 2.09. The van der Waals surface area contributed by atoms with E-state index in [1.54, 1.807) is 24.3 Å². The molecule has 4 heteroatoms. The molecule has 0 saturated heterocycles. The fraction of sp³-hybridized carbons (Fsp3) is 0.375. The Morgan fingerprint density at radius 1 is 1.15 bits per heavy atom. The van der Waals surface area contributed by atoms with Gasteiger partial charge in [0.1, 0.15) is 6.42 Å². The summed E-state index contributed by atoms with van der Waals surface area (Å²) in [4.78, 5) is 22.0. The zero-order valence-corrected chi connectivity index (χ0v) is 11.8. The van der Waals surface area contributed by atoms with Crippen molar-refractivity contribution >= 4 is 17.4 Å². The highest BCUT2D eigenvalue weighted by atomic mass is 16.4. The van der Waals surface area contributed by atoms with Crippen LogP contribution in [0.4, 0.5) is 5.69 Å². The van der Waals surface area contributed by atoms with Gasteiger partial charge in [0.05, 0.1) is 0 Å². The van der Waals surface area contributed by atoms with E-state index in [-0.39, 0.29) is 5.78 Å². The van der Waals surface area contributed by atoms with Gasteiger partial charge < -0.3 is 10.4 Å². The Morgan fingerprint density at radius 2 is 1.80 bits per heavy atom. The monoisotopic (exact) mass is 275 g/mol. The van der Waals surface area contributed by atoms with E-state index in [0.29, 0.717) is 5.56 Å². The molecule has 0 aliphatic carbocycles. The van der Waals surface area contributed by atoms with E-state index in [9.17, 15) is 9.59 Å². The molecule has 0 spiro atoms. The van der Waals surface area contributed by atoms with Crippen LogP contribution in [0.2, 0.25) is 0 Å². The second kappa shape index (κ2) is 8.91. The molecule has 108 valence electrons. The third-order valence-electron chi connectivity index (χ3n) is 2.78. The van der Waals surface area contributed by atoms with Gasteiger partial charge in [-0.15, -0.1) is 0 Å². The molecule has 1 aromatic rings. The first-order valence-corrected chi connectivity index (χ1v) is 6.87. The number of unbranched alkanes of at least 4 members (excludes halogenated alkanes) is 1. The summed E-state index contributed by atoms with van der Waals surface area (Å²) in [5.74, 6) is -1.47. The highest BCUT2D eigenvalue weighted by Crippen LogP contribution is 2.11. The van der Waals surface area contributed by atoms with Crippen LogP contribution in [-0.4, -0.2) is 23.4 Å². The minimum atomic E-state index is -1.10. The number of hydrogen-bond acceptors (Lipinski definition) is 3. The molecule has 0 bridgehead atoms. The molecule has 0 amide bonds. The normalized spacial score (nSPS) is 10.7. The molecule has 0 saturated carbocycles. The molecule has 0 fully saturated rings. The third kappa shape index (κ3) is 6.18. The quantitative estimate of drug-likeness (QED) is 0.313. The van der Waals surface area contributed by atoms with Gasteiger partial charge in [-0.3, -0.25) is 9.59 Å². The zero-order valence-electron chi connectivity index (χ0n) is 11.8. The Kier molecular flexibility index (Phi) is 7.11. The second-order valence-electron chi connectivity index (χ2n) is 4.55. The van der Waals surface area contributed by atoms with Gasteiger partial charge >= 0.3 is 5.97 Å². The lowest BCUT2D eigenvalue weighted by molar-refractivity contribution is -0.135. The molecule has 0 unspecified atom stereocenters. The van der Waals surface area contributed by atoms with Crippen molar-refractivity contribution in [1.82, 2.24) is 0 Å². The van der Waals surface area contributed by atoms with Gasteiger partial charge in [0.2, 0.25) is 0 Å². The maximum absolute atomic E-state index is 11.5. The van der Waals surface area contributed by atoms with Crippen molar-refractivity contribution in [2.45, 2.75) is 32.6 Å². The molecule has 0 aliphatic rings. The molecule has 1 aromatic carbocycles. The Bertz CT molecular complexity index is 463. The van der Waals surface area contributed by atoms with Crippen LogP contribution in [0.3, 0.4) is 0 Å². The molecule has 2 N–H and O–H groups in total. The van der Waals surface area contributed by atoms with Crippen LogP contribution in [0.25, 0.3) is 0 Å². The average Bonchev–Trinajstić information content (AvgIpc) is 2.42. The second-order valence-corrected chi connectivity index (χ2v) is 4.55. The summed E-state index contributed by atoms with van der Waals surface area (Å²) in [6, 6.07) is 6.90. The van der Waals surface area contributed by atoms with Gasteiger partial charge in [0.15, 0.2) is 5.78 Å². The summed E-state index contributed by atoms with van der Waals surface area (Å²) in [5.41, 5.74) is 1.36. The number of nitrogens with one attached hydrogen (secondary N) is 1. The van der Waals surface area contributed by atoms with Gasteiger partial charge in [-0.25, -0.2) is 0 Å². The minimum absolute atomic E-state index is 0.369. The van der Waals surface area contributed by atoms with Crippen LogP contribution < -0.4 is 5.32 Å². The van der Waals surface area contributed by atoms with Crippen molar-refractivity contribution in [2.24, 2.45) is 0 Å². The van der Waals surface area contributed by atoms with Crippen LogP contribution in [-0.2, 0) is 4.79 Å². The smallest absolute Gasteiger partial charge is 0.311 e. The first-order valence-electron chi connectivity index (χ1n) is 6.87. The number of allylic oxidation sites excluding steroid dienone is 1. The van der Waals surface area contributed by atoms with E-state index in [1.807, 2.05) is 0 Å². The molecule has 0 heterocycles. The summed E-state index contributed by atoms with van der Waals surface area (Å²) in [5, 5.41) is 11.8. The Morgan fingerprint density at radius 3 is 2.40 bits per heavy atom. The highest BCUT2D eigenvalue weighted by molar-refractivity contribution is 6.05. The molecule has 0 radical (unpaired) electrons. The fourth-order valence-corrected chi connectivity index (χ4v) is 1.72. The number of ketones is 1. The van der Waals surface area contributed by atoms with Crippen molar-refractivity contribution < 1.29 is 14.7 Å². The Labute approximate surface area is 119 Å². The number of aliphatic carboxylic acids is 1. The van der Waals surface area contributed by atoms with E-state index in [0.717, 1.165) is 31.5 Å². The largest absolute Gasteiger partial charge is 0.481 e. The number of carbonyl (C=O) groups excluding carboxylic acids is 1. The maximum atomic E-state index is 11.5. The molecule has 4 nitrogen and oxygen atoms in total. The summed E-state index contributed by atoms with van der Waals surface area (Å²) in [6.45, 7) is 2.98. The van der Waals surface area contributed by atoms with Crippen molar-refractivity contribution in [3.63, 3.8) is 0 Å². The van der Waals surface area contributed by atoms with E-state index in [4.69, 9.17) is 5.11 Å². The van der Waals surface area contributed by atoms with Crippen LogP contribution in [0.5, 0.6) is 0 Å². The minimum Gasteiger partial charge on any atom is -0.481 e. The van der Waals surface area contributed by atoms with Gasteiger partial charge in [0.25, 0.3) is 0 Å². The zero-order chi connectivity index (χ0) is 14.8. The van der Waals surface area contributed by atoms with Gasteiger partial charge in [0, 0.05) is 17.8 Å². The predicted molar refractivity (Wildman–Crippen MR) is 80.2 cm³/mol. The lowest BCUT2D eigenvalue weighted by Crippen LogP contribution is -2.07. The van der Waals surface area contributed by atoms with E-state index in [2.05, 4.69) is 24.4 Å². The summed E-state index contributed by atoms with van der Waals surface area (Å²) in [7, 11) is 0. The van der Waals surface area contributed by atoms with Crippen molar-refractivity contribution in [3.8, 4) is 0 Å². The molecule has 1 rings (SSSR count). The lowest BCUT2D eigenvalue weighted by atomic mass is 10.1. The van der Waals surface area contributed by atoms with Gasteiger partial charge in [-0.2, -0.15) is 0 Å². The molecule has 0 atom stereocenters. The van der Waals surface area contributed by atoms with Gasteiger partial charge in [-0.1, -0.05) is 25.5 Å². The van der Waals surface area contributed by atoms with Crippen LogP contribution >= 0.6 is 0 Å². The molecule has 20 heavy (non-hydrogen) atoms.